The minimum absolute atomic E-state index is 0.0656. The molecule has 1 aromatic carbocycles. The normalized spacial score (nSPS) is 15.7. The monoisotopic (exact) mass is 356 g/mol. The van der Waals surface area contributed by atoms with E-state index >= 15 is 0 Å². The van der Waals surface area contributed by atoms with Crippen LogP contribution in [-0.4, -0.2) is 10.5 Å². The molecule has 1 heterocycles. The van der Waals surface area contributed by atoms with Crippen LogP contribution in [0.4, 0.5) is 0 Å². The van der Waals surface area contributed by atoms with E-state index in [0.29, 0.717) is 5.56 Å². The molecule has 3 rings (SSSR count). The van der Waals surface area contributed by atoms with Gasteiger partial charge in [-0.1, -0.05) is 38.5 Å². The molecule has 2 aromatic rings. The highest BCUT2D eigenvalue weighted by Crippen LogP contribution is 2.33. The molecule has 0 bridgehead atoms. The van der Waals surface area contributed by atoms with Gasteiger partial charge in [0.15, 0.2) is 4.80 Å². The molecule has 1 fully saturated rings. The standard InChI is InChI=1S/C21H28N2OS/c1-13-7-8-14(2)17(11-13)19(24)22-20-23(12-16-9-10-16)15(3)18(25-20)21(4,5)6/h7-8,11,16H,9-10,12H2,1-6H3. The average molecular weight is 357 g/mol. The molecule has 25 heavy (non-hydrogen) atoms. The minimum Gasteiger partial charge on any atom is -0.320 e. The lowest BCUT2D eigenvalue weighted by Gasteiger charge is -2.17. The zero-order valence-corrected chi connectivity index (χ0v) is 17.0. The van der Waals surface area contributed by atoms with Gasteiger partial charge in [0.2, 0.25) is 0 Å². The third-order valence-electron chi connectivity index (χ3n) is 4.80. The molecule has 1 saturated carbocycles. The average Bonchev–Trinajstić information content (AvgIpc) is 3.28. The Hall–Kier alpha value is -1.68. The van der Waals surface area contributed by atoms with E-state index in [1.165, 1.54) is 23.4 Å². The van der Waals surface area contributed by atoms with Gasteiger partial charge in [0, 0.05) is 22.7 Å². The second kappa shape index (κ2) is 6.56. The summed E-state index contributed by atoms with van der Waals surface area (Å²) in [6.45, 7) is 13.8. The fraction of sp³-hybridized carbons (Fsp3) is 0.524. The summed E-state index contributed by atoms with van der Waals surface area (Å²) in [4.78, 5) is 19.6. The van der Waals surface area contributed by atoms with Crippen LogP contribution in [0.15, 0.2) is 23.2 Å². The van der Waals surface area contributed by atoms with Crippen LogP contribution in [0.2, 0.25) is 0 Å². The summed E-state index contributed by atoms with van der Waals surface area (Å²) in [5.41, 5.74) is 4.11. The van der Waals surface area contributed by atoms with E-state index in [-0.39, 0.29) is 11.3 Å². The molecule has 1 aromatic heterocycles. The highest BCUT2D eigenvalue weighted by molar-refractivity contribution is 7.09. The molecule has 0 aliphatic heterocycles. The number of hydrogen-bond acceptors (Lipinski definition) is 2. The topological polar surface area (TPSA) is 34.4 Å². The third kappa shape index (κ3) is 3.95. The van der Waals surface area contributed by atoms with Crippen molar-refractivity contribution in [3.63, 3.8) is 0 Å². The van der Waals surface area contributed by atoms with Crippen LogP contribution in [0.1, 0.15) is 65.7 Å². The van der Waals surface area contributed by atoms with Crippen molar-refractivity contribution in [1.29, 1.82) is 0 Å². The van der Waals surface area contributed by atoms with Crippen molar-refractivity contribution >= 4 is 17.2 Å². The van der Waals surface area contributed by atoms with Gasteiger partial charge in [0.05, 0.1) is 0 Å². The summed E-state index contributed by atoms with van der Waals surface area (Å²) in [6.07, 6.45) is 2.58. The lowest BCUT2D eigenvalue weighted by molar-refractivity contribution is 0.0997. The van der Waals surface area contributed by atoms with E-state index in [4.69, 9.17) is 0 Å². The second-order valence-corrected chi connectivity index (χ2v) is 9.32. The van der Waals surface area contributed by atoms with Crippen LogP contribution in [0, 0.1) is 26.7 Å². The number of thiazole rings is 1. The summed E-state index contributed by atoms with van der Waals surface area (Å²) in [7, 11) is 0. The largest absolute Gasteiger partial charge is 0.320 e. The Balaban J connectivity index is 2.09. The van der Waals surface area contributed by atoms with Crippen LogP contribution in [0.5, 0.6) is 0 Å². The Labute approximate surface area is 154 Å². The lowest BCUT2D eigenvalue weighted by atomic mass is 9.93. The van der Waals surface area contributed by atoms with Crippen molar-refractivity contribution in [2.45, 2.75) is 66.3 Å². The van der Waals surface area contributed by atoms with Gasteiger partial charge in [0.1, 0.15) is 0 Å². The smallest absolute Gasteiger partial charge is 0.279 e. The molecule has 3 nitrogen and oxygen atoms in total. The maximum Gasteiger partial charge on any atom is 0.279 e. The maximum atomic E-state index is 12.8. The molecular weight excluding hydrogens is 328 g/mol. The summed E-state index contributed by atoms with van der Waals surface area (Å²) in [6, 6.07) is 5.97. The van der Waals surface area contributed by atoms with Gasteiger partial charge < -0.3 is 4.57 Å². The summed E-state index contributed by atoms with van der Waals surface area (Å²) < 4.78 is 2.27. The predicted octanol–water partition coefficient (Wildman–Crippen LogP) is 4.92. The number of nitrogens with zero attached hydrogens (tertiary/aromatic N) is 2. The van der Waals surface area contributed by atoms with Gasteiger partial charge in [0.25, 0.3) is 5.91 Å². The lowest BCUT2D eigenvalue weighted by Crippen LogP contribution is -2.20. The predicted molar refractivity (Wildman–Crippen MR) is 104 cm³/mol. The molecule has 0 N–H and O–H groups in total. The molecule has 4 heteroatoms. The van der Waals surface area contributed by atoms with E-state index in [0.717, 1.165) is 28.4 Å². The summed E-state index contributed by atoms with van der Waals surface area (Å²) >= 11 is 1.67. The number of amides is 1. The van der Waals surface area contributed by atoms with Crippen LogP contribution in [0.3, 0.4) is 0 Å². The number of aromatic nitrogens is 1. The van der Waals surface area contributed by atoms with Crippen molar-refractivity contribution in [1.82, 2.24) is 4.57 Å². The van der Waals surface area contributed by atoms with E-state index in [1.807, 2.05) is 32.0 Å². The first-order valence-electron chi connectivity index (χ1n) is 9.04. The fourth-order valence-electron chi connectivity index (χ4n) is 3.15. The van der Waals surface area contributed by atoms with Crippen molar-refractivity contribution in [2.75, 3.05) is 0 Å². The van der Waals surface area contributed by atoms with Crippen LogP contribution in [-0.2, 0) is 12.0 Å². The third-order valence-corrected chi connectivity index (χ3v) is 6.40. The molecule has 1 amide bonds. The number of hydrogen-bond donors (Lipinski definition) is 0. The Morgan fingerprint density at radius 1 is 1.24 bits per heavy atom. The number of carbonyl (C=O) groups excluding carboxylic acids is 1. The van der Waals surface area contributed by atoms with Gasteiger partial charge in [-0.15, -0.1) is 11.3 Å². The maximum absolute atomic E-state index is 12.8. The van der Waals surface area contributed by atoms with E-state index in [1.54, 1.807) is 11.3 Å². The number of aryl methyl sites for hydroxylation is 2. The molecular formula is C21H28N2OS. The van der Waals surface area contributed by atoms with Crippen molar-refractivity contribution in [3.05, 3.63) is 50.3 Å². The van der Waals surface area contributed by atoms with E-state index in [2.05, 4.69) is 37.3 Å². The van der Waals surface area contributed by atoms with Gasteiger partial charge in [-0.2, -0.15) is 4.99 Å². The van der Waals surface area contributed by atoms with Gasteiger partial charge >= 0.3 is 0 Å². The van der Waals surface area contributed by atoms with Crippen LogP contribution in [0.25, 0.3) is 0 Å². The fourth-order valence-corrected chi connectivity index (χ4v) is 4.35. The molecule has 0 saturated heterocycles. The van der Waals surface area contributed by atoms with Crippen molar-refractivity contribution in [2.24, 2.45) is 10.9 Å². The van der Waals surface area contributed by atoms with Gasteiger partial charge in [-0.3, -0.25) is 4.79 Å². The summed E-state index contributed by atoms with van der Waals surface area (Å²) in [5.74, 6) is 0.614. The number of carbonyl (C=O) groups is 1. The highest BCUT2D eigenvalue weighted by atomic mass is 32.1. The Kier molecular flexibility index (Phi) is 4.76. The minimum atomic E-state index is -0.132. The summed E-state index contributed by atoms with van der Waals surface area (Å²) in [5, 5.41) is 0. The molecule has 1 aliphatic rings. The Bertz CT molecular complexity index is 876. The molecule has 0 unspecified atom stereocenters. The number of rotatable bonds is 3. The first-order chi connectivity index (χ1) is 11.7. The van der Waals surface area contributed by atoms with Crippen LogP contribution < -0.4 is 4.80 Å². The van der Waals surface area contributed by atoms with Crippen molar-refractivity contribution in [3.8, 4) is 0 Å². The highest BCUT2D eigenvalue weighted by Gasteiger charge is 2.27. The van der Waals surface area contributed by atoms with Crippen LogP contribution >= 0.6 is 11.3 Å². The Morgan fingerprint density at radius 2 is 1.92 bits per heavy atom. The quantitative estimate of drug-likeness (QED) is 0.768. The molecule has 0 atom stereocenters. The zero-order valence-electron chi connectivity index (χ0n) is 16.1. The second-order valence-electron chi connectivity index (χ2n) is 8.34. The first-order valence-corrected chi connectivity index (χ1v) is 9.85. The SMILES string of the molecule is Cc1ccc(C)c(C(=O)N=c2sc(C(C)(C)C)c(C)n2CC2CC2)c1. The van der Waals surface area contributed by atoms with E-state index < -0.39 is 0 Å². The van der Waals surface area contributed by atoms with Gasteiger partial charge in [-0.05, 0) is 56.6 Å². The first kappa shape index (κ1) is 18.1. The number of benzene rings is 1. The Morgan fingerprint density at radius 3 is 2.52 bits per heavy atom. The van der Waals surface area contributed by atoms with E-state index in [9.17, 15) is 4.79 Å². The molecule has 0 spiro atoms. The van der Waals surface area contributed by atoms with Gasteiger partial charge in [-0.25, -0.2) is 0 Å². The molecule has 0 radical (unpaired) electrons. The van der Waals surface area contributed by atoms with Crippen molar-refractivity contribution < 1.29 is 4.79 Å². The molecule has 134 valence electrons. The zero-order chi connectivity index (χ0) is 18.4. The molecule has 1 aliphatic carbocycles.